The summed E-state index contributed by atoms with van der Waals surface area (Å²) in [6.45, 7) is 4.59. The summed E-state index contributed by atoms with van der Waals surface area (Å²) in [6, 6.07) is 0. The maximum Gasteiger partial charge on any atom is 0.422 e. The van der Waals surface area contributed by atoms with Crippen molar-refractivity contribution in [2.75, 3.05) is 19.7 Å². The summed E-state index contributed by atoms with van der Waals surface area (Å²) in [7, 11) is -3.93. The van der Waals surface area contributed by atoms with Gasteiger partial charge in [-0.2, -0.15) is 12.7 Å². The lowest BCUT2D eigenvalue weighted by atomic mass is 10.5. The maximum absolute atomic E-state index is 11.5. The SMILES string of the molecule is CCN(CCO)S(=O)(=O)NC(=O)OC(C)C. The van der Waals surface area contributed by atoms with Crippen molar-refractivity contribution >= 4 is 16.3 Å². The molecule has 0 aliphatic carbocycles. The van der Waals surface area contributed by atoms with E-state index >= 15 is 0 Å². The Hall–Kier alpha value is -0.860. The number of aliphatic hydroxyl groups is 1. The Morgan fingerprint density at radius 2 is 2.06 bits per heavy atom. The Kier molecular flexibility index (Phi) is 6.31. The molecule has 0 unspecified atom stereocenters. The van der Waals surface area contributed by atoms with Crippen LogP contribution in [0.25, 0.3) is 0 Å². The van der Waals surface area contributed by atoms with Crippen molar-refractivity contribution in [2.24, 2.45) is 0 Å². The molecule has 96 valence electrons. The molecule has 1 amide bonds. The second kappa shape index (κ2) is 6.66. The van der Waals surface area contributed by atoms with E-state index in [9.17, 15) is 13.2 Å². The van der Waals surface area contributed by atoms with Crippen molar-refractivity contribution in [3.63, 3.8) is 0 Å². The van der Waals surface area contributed by atoms with E-state index in [1.54, 1.807) is 25.5 Å². The smallest absolute Gasteiger partial charge is 0.422 e. The molecule has 0 heterocycles. The van der Waals surface area contributed by atoms with Gasteiger partial charge in [0.2, 0.25) is 0 Å². The average molecular weight is 254 g/mol. The molecule has 16 heavy (non-hydrogen) atoms. The molecule has 0 aromatic heterocycles. The van der Waals surface area contributed by atoms with E-state index < -0.39 is 22.4 Å². The van der Waals surface area contributed by atoms with Gasteiger partial charge >= 0.3 is 16.3 Å². The number of nitrogens with zero attached hydrogens (tertiary/aromatic N) is 1. The second-order valence-electron chi connectivity index (χ2n) is 3.28. The van der Waals surface area contributed by atoms with Crippen molar-refractivity contribution < 1.29 is 23.1 Å². The highest BCUT2D eigenvalue weighted by Gasteiger charge is 2.23. The van der Waals surface area contributed by atoms with Gasteiger partial charge < -0.3 is 9.84 Å². The van der Waals surface area contributed by atoms with E-state index in [2.05, 4.69) is 4.74 Å². The molecule has 7 nitrogen and oxygen atoms in total. The van der Waals surface area contributed by atoms with E-state index in [4.69, 9.17) is 5.11 Å². The van der Waals surface area contributed by atoms with Gasteiger partial charge in [0.25, 0.3) is 0 Å². The zero-order valence-corrected chi connectivity index (χ0v) is 10.5. The number of carbonyl (C=O) groups is 1. The van der Waals surface area contributed by atoms with Crippen LogP contribution in [0, 0.1) is 0 Å². The van der Waals surface area contributed by atoms with Crippen molar-refractivity contribution in [3.05, 3.63) is 0 Å². The number of carbonyl (C=O) groups excluding carboxylic acids is 1. The maximum atomic E-state index is 11.5. The summed E-state index contributed by atoms with van der Waals surface area (Å²) in [4.78, 5) is 11.1. The van der Waals surface area contributed by atoms with Gasteiger partial charge in [-0.1, -0.05) is 6.92 Å². The number of likely N-dealkylation sites (N-methyl/N-ethyl adjacent to an activating group) is 1. The first-order chi connectivity index (χ1) is 7.33. The lowest BCUT2D eigenvalue weighted by Crippen LogP contribution is -2.45. The molecule has 0 aliphatic heterocycles. The summed E-state index contributed by atoms with van der Waals surface area (Å²) in [5.74, 6) is 0. The van der Waals surface area contributed by atoms with E-state index in [1.807, 2.05) is 0 Å². The standard InChI is InChI=1S/C8H18N2O5S/c1-4-10(5-6-11)16(13,14)9-8(12)15-7(2)3/h7,11H,4-6H2,1-3H3,(H,9,12). The predicted molar refractivity (Wildman–Crippen MR) is 58.0 cm³/mol. The van der Waals surface area contributed by atoms with Gasteiger partial charge in [-0.15, -0.1) is 0 Å². The topological polar surface area (TPSA) is 95.9 Å². The van der Waals surface area contributed by atoms with E-state index in [0.29, 0.717) is 0 Å². The lowest BCUT2D eigenvalue weighted by Gasteiger charge is -2.19. The molecule has 0 radical (unpaired) electrons. The van der Waals surface area contributed by atoms with Crippen LogP contribution in [0.1, 0.15) is 20.8 Å². The highest BCUT2D eigenvalue weighted by Crippen LogP contribution is 1.98. The van der Waals surface area contributed by atoms with Crippen LogP contribution in [0.3, 0.4) is 0 Å². The van der Waals surface area contributed by atoms with Gasteiger partial charge in [-0.25, -0.2) is 9.52 Å². The average Bonchev–Trinajstić information content (AvgIpc) is 2.11. The first-order valence-corrected chi connectivity index (χ1v) is 6.36. The third kappa shape index (κ3) is 5.29. The fourth-order valence-electron chi connectivity index (χ4n) is 0.968. The normalized spacial score (nSPS) is 11.9. The van der Waals surface area contributed by atoms with Crippen LogP contribution in [0.2, 0.25) is 0 Å². The zero-order chi connectivity index (χ0) is 12.8. The molecule has 0 rings (SSSR count). The number of amides is 1. The number of ether oxygens (including phenoxy) is 1. The van der Waals surface area contributed by atoms with Crippen molar-refractivity contribution in [1.29, 1.82) is 0 Å². The molecule has 0 saturated carbocycles. The van der Waals surface area contributed by atoms with Crippen LogP contribution in [-0.2, 0) is 14.9 Å². The van der Waals surface area contributed by atoms with Gasteiger partial charge in [0.05, 0.1) is 12.7 Å². The van der Waals surface area contributed by atoms with Gasteiger partial charge in [-0.05, 0) is 13.8 Å². The number of aliphatic hydroxyl groups excluding tert-OH is 1. The predicted octanol–water partition coefficient (Wildman–Crippen LogP) is -0.320. The molecule has 8 heteroatoms. The Balaban J connectivity index is 4.48. The fraction of sp³-hybridized carbons (Fsp3) is 0.875. The minimum Gasteiger partial charge on any atom is -0.446 e. The van der Waals surface area contributed by atoms with Crippen LogP contribution in [0.4, 0.5) is 4.79 Å². The van der Waals surface area contributed by atoms with Crippen molar-refractivity contribution in [2.45, 2.75) is 26.9 Å². The summed E-state index contributed by atoms with van der Waals surface area (Å²) < 4.78 is 30.4. The molecule has 0 saturated heterocycles. The monoisotopic (exact) mass is 254 g/mol. The molecule has 0 aromatic rings. The van der Waals surface area contributed by atoms with Crippen LogP contribution in [0.5, 0.6) is 0 Å². The molecule has 0 fully saturated rings. The lowest BCUT2D eigenvalue weighted by molar-refractivity contribution is 0.120. The minimum absolute atomic E-state index is 0.0687. The van der Waals surface area contributed by atoms with Crippen LogP contribution >= 0.6 is 0 Å². The van der Waals surface area contributed by atoms with Gasteiger partial charge in [-0.3, -0.25) is 0 Å². The number of hydrogen-bond acceptors (Lipinski definition) is 5. The Labute approximate surface area is 95.6 Å². The van der Waals surface area contributed by atoms with E-state index in [1.165, 1.54) is 0 Å². The molecule has 0 aromatic carbocycles. The summed E-state index contributed by atoms with van der Waals surface area (Å²) in [6.07, 6.45) is -1.42. The first kappa shape index (κ1) is 15.1. The van der Waals surface area contributed by atoms with Gasteiger partial charge in [0.15, 0.2) is 0 Å². The van der Waals surface area contributed by atoms with Crippen LogP contribution in [-0.4, -0.2) is 49.7 Å². The van der Waals surface area contributed by atoms with Gasteiger partial charge in [0, 0.05) is 13.1 Å². The zero-order valence-electron chi connectivity index (χ0n) is 9.63. The Morgan fingerprint density at radius 1 is 1.50 bits per heavy atom. The first-order valence-electron chi connectivity index (χ1n) is 4.92. The quantitative estimate of drug-likeness (QED) is 0.677. The van der Waals surface area contributed by atoms with Crippen molar-refractivity contribution in [1.82, 2.24) is 9.03 Å². The fourth-order valence-corrected chi connectivity index (χ4v) is 2.02. The highest BCUT2D eigenvalue weighted by molar-refractivity contribution is 7.87. The number of rotatable bonds is 6. The van der Waals surface area contributed by atoms with Crippen molar-refractivity contribution in [3.8, 4) is 0 Å². The molecule has 0 aliphatic rings. The summed E-state index contributed by atoms with van der Waals surface area (Å²) >= 11 is 0. The van der Waals surface area contributed by atoms with E-state index in [0.717, 1.165) is 4.31 Å². The van der Waals surface area contributed by atoms with Gasteiger partial charge in [0.1, 0.15) is 0 Å². The molecule has 0 atom stereocenters. The summed E-state index contributed by atoms with van der Waals surface area (Å²) in [5, 5.41) is 8.66. The molecule has 2 N–H and O–H groups in total. The van der Waals surface area contributed by atoms with Crippen LogP contribution in [0.15, 0.2) is 0 Å². The molecular formula is C8H18N2O5S. The molecule has 0 spiro atoms. The highest BCUT2D eigenvalue weighted by atomic mass is 32.2. The summed E-state index contributed by atoms with van der Waals surface area (Å²) in [5.41, 5.74) is 0. The third-order valence-electron chi connectivity index (χ3n) is 1.60. The number of hydrogen-bond donors (Lipinski definition) is 2. The molecule has 0 bridgehead atoms. The third-order valence-corrected chi connectivity index (χ3v) is 3.14. The minimum atomic E-state index is -3.93. The molecular weight excluding hydrogens is 236 g/mol. The Bertz CT molecular complexity index is 314. The Morgan fingerprint density at radius 3 is 2.44 bits per heavy atom. The van der Waals surface area contributed by atoms with E-state index in [-0.39, 0.29) is 19.7 Å². The second-order valence-corrected chi connectivity index (χ2v) is 4.95. The largest absolute Gasteiger partial charge is 0.446 e. The van der Waals surface area contributed by atoms with Crippen LogP contribution < -0.4 is 4.72 Å². The number of nitrogens with one attached hydrogen (secondary N) is 1.